The van der Waals surface area contributed by atoms with Crippen LogP contribution in [0.1, 0.15) is 64.0 Å². The summed E-state index contributed by atoms with van der Waals surface area (Å²) in [5.74, 6) is 0.650. The van der Waals surface area contributed by atoms with E-state index in [0.717, 1.165) is 63.1 Å². The van der Waals surface area contributed by atoms with Gasteiger partial charge in [0.2, 0.25) is 6.73 Å². The summed E-state index contributed by atoms with van der Waals surface area (Å²) in [6, 6.07) is 0. The Labute approximate surface area is 190 Å². The lowest BCUT2D eigenvalue weighted by atomic mass is 10.1. The highest BCUT2D eigenvalue weighted by Crippen LogP contribution is 2.30. The monoisotopic (exact) mass is 458 g/mol. The summed E-state index contributed by atoms with van der Waals surface area (Å²) in [5.41, 5.74) is 2.00. The van der Waals surface area contributed by atoms with Crippen LogP contribution in [-0.2, 0) is 4.74 Å². The fraction of sp³-hybridized carbons (Fsp3) is 0.762. The summed E-state index contributed by atoms with van der Waals surface area (Å²) >= 11 is 1.20. The van der Waals surface area contributed by atoms with E-state index in [2.05, 4.69) is 28.8 Å². The Balaban J connectivity index is 0.00000320. The molecule has 1 aromatic rings. The van der Waals surface area contributed by atoms with Crippen molar-refractivity contribution in [2.75, 3.05) is 46.6 Å². The van der Waals surface area contributed by atoms with E-state index in [9.17, 15) is 4.79 Å². The molecule has 30 heavy (non-hydrogen) atoms. The molecule has 7 nitrogen and oxygen atoms in total. The van der Waals surface area contributed by atoms with Crippen molar-refractivity contribution in [3.63, 3.8) is 0 Å². The first kappa shape index (κ1) is 24.9. The van der Waals surface area contributed by atoms with Crippen LogP contribution in [0.3, 0.4) is 0 Å². The molecule has 2 aliphatic rings. The van der Waals surface area contributed by atoms with Gasteiger partial charge in [-0.15, -0.1) is 4.37 Å². The minimum Gasteiger partial charge on any atom is -1.00 e. The van der Waals surface area contributed by atoms with Crippen molar-refractivity contribution in [3.05, 3.63) is 11.8 Å². The Kier molecular flexibility index (Phi) is 10.3. The van der Waals surface area contributed by atoms with Crippen LogP contribution in [0, 0.1) is 0 Å². The maximum Gasteiger partial charge on any atom is 0.414 e. The van der Waals surface area contributed by atoms with E-state index in [1.807, 2.05) is 4.90 Å². The second-order valence-corrected chi connectivity index (χ2v) is 8.96. The molecule has 0 aliphatic carbocycles. The van der Waals surface area contributed by atoms with Crippen LogP contribution in [-0.4, -0.2) is 70.8 Å². The minimum absolute atomic E-state index is 0. The zero-order valence-electron chi connectivity index (χ0n) is 18.3. The molecule has 1 saturated heterocycles. The SMILES string of the molecule is CCCCCCOc1nsnc1C1=CCC[N+](C)(COC(=O)N2CCCCC2)C1.[Cl-]. The molecule has 9 heteroatoms. The average Bonchev–Trinajstić information content (AvgIpc) is 3.21. The molecule has 1 aromatic heterocycles. The molecule has 170 valence electrons. The second-order valence-electron chi connectivity index (χ2n) is 8.43. The molecule has 3 rings (SSSR count). The number of nitrogens with zero attached hydrogens (tertiary/aromatic N) is 4. The van der Waals surface area contributed by atoms with Gasteiger partial charge in [0.05, 0.1) is 31.9 Å². The number of quaternary nitrogens is 1. The molecule has 1 unspecified atom stereocenters. The van der Waals surface area contributed by atoms with Crippen molar-refractivity contribution in [2.45, 2.75) is 58.3 Å². The van der Waals surface area contributed by atoms with Crippen molar-refractivity contribution in [1.82, 2.24) is 13.6 Å². The van der Waals surface area contributed by atoms with Gasteiger partial charge >= 0.3 is 6.09 Å². The molecular formula is C21H35ClN4O3S. The van der Waals surface area contributed by atoms with E-state index in [1.165, 1.54) is 37.4 Å². The first-order chi connectivity index (χ1) is 14.1. The molecule has 0 aromatic carbocycles. The Bertz CT molecular complexity index is 694. The molecule has 1 atom stereocenters. The van der Waals surface area contributed by atoms with Crippen LogP contribution in [0.15, 0.2) is 6.08 Å². The van der Waals surface area contributed by atoms with Gasteiger partial charge in [-0.1, -0.05) is 32.3 Å². The number of hydrogen-bond donors (Lipinski definition) is 0. The van der Waals surface area contributed by atoms with Crippen molar-refractivity contribution >= 4 is 23.4 Å². The van der Waals surface area contributed by atoms with Gasteiger partial charge in [-0.2, -0.15) is 4.37 Å². The number of piperidine rings is 1. The first-order valence-corrected chi connectivity index (χ1v) is 11.7. The highest BCUT2D eigenvalue weighted by Gasteiger charge is 2.32. The molecular weight excluding hydrogens is 424 g/mol. The van der Waals surface area contributed by atoms with Crippen molar-refractivity contribution in [1.29, 1.82) is 0 Å². The Morgan fingerprint density at radius 1 is 1.20 bits per heavy atom. The predicted molar refractivity (Wildman–Crippen MR) is 115 cm³/mol. The Hall–Kier alpha value is -1.38. The van der Waals surface area contributed by atoms with E-state index in [-0.39, 0.29) is 18.5 Å². The van der Waals surface area contributed by atoms with Crippen LogP contribution >= 0.6 is 11.7 Å². The van der Waals surface area contributed by atoms with Crippen molar-refractivity contribution < 1.29 is 31.2 Å². The lowest BCUT2D eigenvalue weighted by molar-refractivity contribution is -0.919. The van der Waals surface area contributed by atoms with Crippen LogP contribution in [0.4, 0.5) is 4.79 Å². The molecule has 0 N–H and O–H groups in total. The Morgan fingerprint density at radius 3 is 2.77 bits per heavy atom. The minimum atomic E-state index is -0.174. The third-order valence-corrected chi connectivity index (χ3v) is 6.24. The third kappa shape index (κ3) is 7.10. The molecule has 1 amide bonds. The topological polar surface area (TPSA) is 64.6 Å². The van der Waals surface area contributed by atoms with Gasteiger partial charge in [0.15, 0.2) is 0 Å². The van der Waals surface area contributed by atoms with Crippen LogP contribution in [0.2, 0.25) is 0 Å². The van der Waals surface area contributed by atoms with Gasteiger partial charge in [-0.25, -0.2) is 4.79 Å². The number of likely N-dealkylation sites (tertiary alicyclic amines) is 1. The van der Waals surface area contributed by atoms with E-state index >= 15 is 0 Å². The Morgan fingerprint density at radius 2 is 2.00 bits per heavy atom. The zero-order chi connectivity index (χ0) is 20.5. The van der Waals surface area contributed by atoms with Gasteiger partial charge < -0.3 is 26.8 Å². The smallest absolute Gasteiger partial charge is 0.414 e. The molecule has 2 aliphatic heterocycles. The number of rotatable bonds is 9. The van der Waals surface area contributed by atoms with E-state index in [4.69, 9.17) is 9.47 Å². The predicted octanol–water partition coefficient (Wildman–Crippen LogP) is 1.31. The van der Waals surface area contributed by atoms with Gasteiger partial charge in [0.25, 0.3) is 5.88 Å². The van der Waals surface area contributed by atoms with Crippen LogP contribution in [0.25, 0.3) is 5.57 Å². The normalized spacial score (nSPS) is 21.5. The number of unbranched alkanes of at least 4 members (excludes halogenated alkanes) is 3. The first-order valence-electron chi connectivity index (χ1n) is 11.0. The van der Waals surface area contributed by atoms with E-state index < -0.39 is 0 Å². The second kappa shape index (κ2) is 12.5. The maximum atomic E-state index is 12.4. The number of ether oxygens (including phenoxy) is 2. The summed E-state index contributed by atoms with van der Waals surface area (Å²) in [6.45, 7) is 6.63. The number of halogens is 1. The molecule has 3 heterocycles. The number of carbonyl (C=O) groups excluding carboxylic acids is 1. The standard InChI is InChI=1S/C21H35N4O3S.ClH/c1-3-4-5-9-15-27-20-19(22-29-23-20)18-11-10-14-25(2,16-18)17-28-21(26)24-12-7-6-8-13-24;/h11H,3-10,12-17H2,1-2H3;1H/q+1;/p-1. The van der Waals surface area contributed by atoms with E-state index in [0.29, 0.717) is 23.7 Å². The number of carbonyl (C=O) groups is 1. The summed E-state index contributed by atoms with van der Waals surface area (Å²) < 4.78 is 21.1. The van der Waals surface area contributed by atoms with Gasteiger partial charge in [0, 0.05) is 25.1 Å². The third-order valence-electron chi connectivity index (χ3n) is 5.72. The highest BCUT2D eigenvalue weighted by molar-refractivity contribution is 6.99. The number of hydrogen-bond acceptors (Lipinski definition) is 6. The van der Waals surface area contributed by atoms with Gasteiger partial charge in [-0.05, 0) is 25.7 Å². The molecule has 0 radical (unpaired) electrons. The highest BCUT2D eigenvalue weighted by atomic mass is 35.5. The average molecular weight is 459 g/mol. The lowest BCUT2D eigenvalue weighted by Crippen LogP contribution is -3.00. The number of amides is 1. The summed E-state index contributed by atoms with van der Waals surface area (Å²) in [7, 11) is 2.14. The summed E-state index contributed by atoms with van der Waals surface area (Å²) in [6.07, 6.45) is 11.0. The maximum absolute atomic E-state index is 12.4. The van der Waals surface area contributed by atoms with Crippen molar-refractivity contribution in [2.24, 2.45) is 0 Å². The molecule has 0 spiro atoms. The number of likely N-dealkylation sites (N-methyl/N-ethyl adjacent to an activating group) is 1. The van der Waals surface area contributed by atoms with Crippen molar-refractivity contribution in [3.8, 4) is 5.88 Å². The fourth-order valence-corrected chi connectivity index (χ4v) is 4.47. The lowest BCUT2D eigenvalue weighted by Gasteiger charge is -2.37. The fourth-order valence-electron chi connectivity index (χ4n) is 3.93. The molecule has 0 bridgehead atoms. The zero-order valence-corrected chi connectivity index (χ0v) is 19.8. The largest absolute Gasteiger partial charge is 1.00 e. The summed E-state index contributed by atoms with van der Waals surface area (Å²) in [4.78, 5) is 14.2. The number of aromatic nitrogens is 2. The van der Waals surface area contributed by atoms with Gasteiger partial charge in [0.1, 0.15) is 12.2 Å². The quantitative estimate of drug-likeness (QED) is 0.412. The van der Waals surface area contributed by atoms with E-state index in [1.54, 1.807) is 0 Å². The van der Waals surface area contributed by atoms with Crippen LogP contribution in [0.5, 0.6) is 5.88 Å². The van der Waals surface area contributed by atoms with Crippen LogP contribution < -0.4 is 17.1 Å². The summed E-state index contributed by atoms with van der Waals surface area (Å²) in [5, 5.41) is 0. The molecule has 0 saturated carbocycles. The molecule has 1 fully saturated rings. The van der Waals surface area contributed by atoms with Gasteiger partial charge in [-0.3, -0.25) is 4.48 Å².